The van der Waals surface area contributed by atoms with Crippen LogP contribution in [0.2, 0.25) is 0 Å². The number of hydrogen-bond donors (Lipinski definition) is 0. The fraction of sp³-hybridized carbons (Fsp3) is 1.00. The van der Waals surface area contributed by atoms with E-state index in [1.807, 2.05) is 0 Å². The first-order valence-corrected chi connectivity index (χ1v) is 15.2. The molecule has 1 unspecified atom stereocenters. The van der Waals surface area contributed by atoms with Crippen molar-refractivity contribution in [2.75, 3.05) is 26.9 Å². The molecule has 0 saturated heterocycles. The van der Waals surface area contributed by atoms with Crippen LogP contribution in [0.4, 0.5) is 0 Å². The second kappa shape index (κ2) is 21.9. The molecule has 0 bridgehead atoms. The van der Waals surface area contributed by atoms with E-state index in [2.05, 4.69) is 6.92 Å². The molecule has 29 heavy (non-hydrogen) atoms. The van der Waals surface area contributed by atoms with Crippen LogP contribution in [0.15, 0.2) is 0 Å². The van der Waals surface area contributed by atoms with Gasteiger partial charge in [-0.15, -0.1) is 0 Å². The summed E-state index contributed by atoms with van der Waals surface area (Å²) in [5.74, 6) is 0. The molecular formula is C22H45Cl2O4P. The van der Waals surface area contributed by atoms with Gasteiger partial charge in [0.25, 0.3) is 0 Å². The third kappa shape index (κ3) is 24.8. The van der Waals surface area contributed by atoms with Crippen molar-refractivity contribution in [3.05, 3.63) is 0 Å². The van der Waals surface area contributed by atoms with Gasteiger partial charge in [0.05, 0.1) is 13.2 Å². The van der Waals surface area contributed by atoms with E-state index >= 15 is 0 Å². The van der Waals surface area contributed by atoms with Gasteiger partial charge in [-0.2, -0.15) is 0 Å². The standard InChI is InChI=1S/C22H45Cl2O4P/c1-3-4-5-6-7-8-9-10-11-12-13-14-15-16-17-18-19-27-20-22(26-2)21-28-29(23,24)25/h22H,3-21H2,1-2H3. The smallest absolute Gasteiger partial charge is 0.379 e. The van der Waals surface area contributed by atoms with Gasteiger partial charge in [-0.1, -0.05) is 103 Å². The third-order valence-corrected chi connectivity index (χ3v) is 6.23. The maximum atomic E-state index is 11.1. The normalized spacial score (nSPS) is 13.1. The third-order valence-electron chi connectivity index (χ3n) is 5.19. The Labute approximate surface area is 189 Å². The highest BCUT2D eigenvalue weighted by molar-refractivity contribution is 8.05. The van der Waals surface area contributed by atoms with Crippen LogP contribution in [-0.2, 0) is 18.6 Å². The first kappa shape index (κ1) is 29.7. The molecule has 7 heteroatoms. The Kier molecular flexibility index (Phi) is 22.4. The Morgan fingerprint density at radius 1 is 0.690 bits per heavy atom. The number of ether oxygens (including phenoxy) is 2. The Hall–Kier alpha value is 0.690. The van der Waals surface area contributed by atoms with Gasteiger partial charge in [0.2, 0.25) is 0 Å². The van der Waals surface area contributed by atoms with Gasteiger partial charge in [-0.05, 0) is 28.9 Å². The van der Waals surface area contributed by atoms with E-state index < -0.39 is 6.07 Å². The lowest BCUT2D eigenvalue weighted by molar-refractivity contribution is -0.0136. The number of rotatable bonds is 23. The highest BCUT2D eigenvalue weighted by atomic mass is 35.9. The van der Waals surface area contributed by atoms with Crippen LogP contribution in [0.5, 0.6) is 0 Å². The van der Waals surface area contributed by atoms with E-state index in [0.717, 1.165) is 6.42 Å². The molecule has 1 atom stereocenters. The van der Waals surface area contributed by atoms with Gasteiger partial charge in [0.15, 0.2) is 0 Å². The quantitative estimate of drug-likeness (QED) is 0.109. The van der Waals surface area contributed by atoms with Crippen molar-refractivity contribution >= 4 is 28.6 Å². The van der Waals surface area contributed by atoms with Crippen molar-refractivity contribution < 1.29 is 18.6 Å². The lowest BCUT2D eigenvalue weighted by atomic mass is 10.0. The minimum atomic E-state index is -3.50. The van der Waals surface area contributed by atoms with Crippen molar-refractivity contribution in [3.63, 3.8) is 0 Å². The Morgan fingerprint density at radius 3 is 1.48 bits per heavy atom. The van der Waals surface area contributed by atoms with Crippen LogP contribution in [0.3, 0.4) is 0 Å². The lowest BCUT2D eigenvalue weighted by Crippen LogP contribution is -2.23. The van der Waals surface area contributed by atoms with E-state index in [1.165, 1.54) is 96.3 Å². The van der Waals surface area contributed by atoms with Crippen molar-refractivity contribution in [3.8, 4) is 0 Å². The number of methoxy groups -OCH3 is 1. The zero-order valence-electron chi connectivity index (χ0n) is 18.8. The summed E-state index contributed by atoms with van der Waals surface area (Å²) in [6.07, 6.45) is 17.9. The van der Waals surface area contributed by atoms with Crippen LogP contribution in [0, 0.1) is 0 Å². The van der Waals surface area contributed by atoms with Gasteiger partial charge in [0, 0.05) is 13.7 Å². The molecule has 0 aliphatic heterocycles. The Balaban J connectivity index is 3.22. The summed E-state index contributed by atoms with van der Waals surface area (Å²) < 4.78 is 26.7. The Morgan fingerprint density at radius 2 is 1.10 bits per heavy atom. The number of unbranched alkanes of at least 4 members (excludes halogenated alkanes) is 15. The molecule has 0 aromatic rings. The largest absolute Gasteiger partial charge is 0.380 e. The van der Waals surface area contributed by atoms with Gasteiger partial charge in [0.1, 0.15) is 6.10 Å². The van der Waals surface area contributed by atoms with E-state index in [9.17, 15) is 4.57 Å². The summed E-state index contributed by atoms with van der Waals surface area (Å²) in [4.78, 5) is 0. The molecule has 0 aromatic heterocycles. The maximum absolute atomic E-state index is 11.1. The average molecular weight is 475 g/mol. The molecule has 0 fully saturated rings. The molecule has 0 spiro atoms. The second-order valence-corrected chi connectivity index (χ2v) is 12.2. The molecule has 0 saturated carbocycles. The topological polar surface area (TPSA) is 44.8 Å². The molecule has 0 N–H and O–H groups in total. The summed E-state index contributed by atoms with van der Waals surface area (Å²) in [5, 5.41) is 0. The second-order valence-electron chi connectivity index (χ2n) is 7.95. The van der Waals surface area contributed by atoms with E-state index in [-0.39, 0.29) is 12.7 Å². The van der Waals surface area contributed by atoms with E-state index in [1.54, 1.807) is 7.11 Å². The van der Waals surface area contributed by atoms with Crippen molar-refractivity contribution in [1.82, 2.24) is 0 Å². The van der Waals surface area contributed by atoms with Crippen molar-refractivity contribution in [1.29, 1.82) is 0 Å². The van der Waals surface area contributed by atoms with E-state index in [4.69, 9.17) is 36.5 Å². The molecule has 176 valence electrons. The van der Waals surface area contributed by atoms with E-state index in [0.29, 0.717) is 13.2 Å². The SMILES string of the molecule is CCCCCCCCCCCCCCCCCCOCC(COP(=O)(Cl)Cl)OC. The predicted molar refractivity (Wildman–Crippen MR) is 126 cm³/mol. The zero-order valence-corrected chi connectivity index (χ0v) is 21.3. The average Bonchev–Trinajstić information content (AvgIpc) is 2.68. The first-order valence-electron chi connectivity index (χ1n) is 11.7. The van der Waals surface area contributed by atoms with Crippen molar-refractivity contribution in [2.24, 2.45) is 0 Å². The molecule has 0 aliphatic carbocycles. The molecule has 0 aromatic carbocycles. The molecule has 0 heterocycles. The lowest BCUT2D eigenvalue weighted by Gasteiger charge is -2.15. The fourth-order valence-electron chi connectivity index (χ4n) is 3.32. The first-order chi connectivity index (χ1) is 14.0. The zero-order chi connectivity index (χ0) is 21.6. The maximum Gasteiger partial charge on any atom is 0.380 e. The van der Waals surface area contributed by atoms with Crippen LogP contribution in [0.1, 0.15) is 110 Å². The van der Waals surface area contributed by atoms with Crippen molar-refractivity contribution in [2.45, 2.75) is 116 Å². The molecule has 4 nitrogen and oxygen atoms in total. The van der Waals surface area contributed by atoms with Gasteiger partial charge in [-0.3, -0.25) is 4.57 Å². The number of halogens is 2. The summed E-state index contributed by atoms with van der Waals surface area (Å²) >= 11 is 10.7. The highest BCUT2D eigenvalue weighted by Crippen LogP contribution is 2.57. The predicted octanol–water partition coefficient (Wildman–Crippen LogP) is 8.88. The minimum Gasteiger partial charge on any atom is -0.379 e. The fourth-order valence-corrected chi connectivity index (χ4v) is 4.00. The molecule has 0 radical (unpaired) electrons. The molecule has 0 rings (SSSR count). The van der Waals surface area contributed by atoms with Gasteiger partial charge < -0.3 is 14.0 Å². The monoisotopic (exact) mass is 474 g/mol. The van der Waals surface area contributed by atoms with Crippen LogP contribution in [0.25, 0.3) is 0 Å². The van der Waals surface area contributed by atoms with Crippen LogP contribution in [-0.4, -0.2) is 33.0 Å². The molecular weight excluding hydrogens is 430 g/mol. The molecule has 0 amide bonds. The van der Waals surface area contributed by atoms with Crippen LogP contribution < -0.4 is 0 Å². The highest BCUT2D eigenvalue weighted by Gasteiger charge is 2.18. The summed E-state index contributed by atoms with van der Waals surface area (Å²) in [5.41, 5.74) is 0. The Bertz CT molecular complexity index is 380. The van der Waals surface area contributed by atoms with Gasteiger partial charge in [-0.25, -0.2) is 0 Å². The summed E-state index contributed by atoms with van der Waals surface area (Å²) in [6, 6.07) is 0. The molecule has 0 aliphatic rings. The van der Waals surface area contributed by atoms with Crippen LogP contribution >= 0.6 is 28.6 Å². The minimum absolute atomic E-state index is 0.0692. The summed E-state index contributed by atoms with van der Waals surface area (Å²) in [7, 11) is 1.55. The number of hydrogen-bond acceptors (Lipinski definition) is 4. The van der Waals surface area contributed by atoms with Gasteiger partial charge >= 0.3 is 6.07 Å². The summed E-state index contributed by atoms with van der Waals surface area (Å²) in [6.45, 7) is 3.44.